The number of carbonyl (C=O) groups excluding carboxylic acids is 1. The van der Waals surface area contributed by atoms with Crippen LogP contribution in [0.3, 0.4) is 0 Å². The van der Waals surface area contributed by atoms with E-state index in [1.807, 2.05) is 30.3 Å². The van der Waals surface area contributed by atoms with E-state index >= 15 is 0 Å². The van der Waals surface area contributed by atoms with E-state index in [0.29, 0.717) is 41.5 Å². The topological polar surface area (TPSA) is 85.9 Å². The minimum Gasteiger partial charge on any atom is -0.341 e. The number of carbonyl (C=O) groups is 1. The Labute approximate surface area is 205 Å². The molecule has 5 rings (SSSR count). The number of hydrogen-bond donors (Lipinski definition) is 0. The molecule has 0 bridgehead atoms. The molecule has 1 saturated heterocycles. The highest BCUT2D eigenvalue weighted by Crippen LogP contribution is 2.28. The van der Waals surface area contributed by atoms with Crippen molar-refractivity contribution in [3.8, 4) is 16.9 Å². The van der Waals surface area contributed by atoms with Crippen LogP contribution in [0, 0.1) is 0 Å². The summed E-state index contributed by atoms with van der Waals surface area (Å²) in [6, 6.07) is 15.5. The Morgan fingerprint density at radius 1 is 1.06 bits per heavy atom. The van der Waals surface area contributed by atoms with Gasteiger partial charge in [0.25, 0.3) is 5.56 Å². The van der Waals surface area contributed by atoms with Gasteiger partial charge in [-0.25, -0.2) is 9.67 Å². The summed E-state index contributed by atoms with van der Waals surface area (Å²) in [4.78, 5) is 32.8. The summed E-state index contributed by atoms with van der Waals surface area (Å²) < 4.78 is 2.90. The molecule has 2 aromatic heterocycles. The Hall–Kier alpha value is -3.49. The molecule has 2 aromatic carbocycles. The van der Waals surface area contributed by atoms with Crippen LogP contribution in [0.1, 0.15) is 18.0 Å². The van der Waals surface area contributed by atoms with E-state index in [0.717, 1.165) is 12.0 Å². The normalized spacial score (nSPS) is 14.0. The SMILES string of the molecule is O=C([C@H](Cc1ccccc1)n1cnc(-c2cc(Cl)ccc2-n2cc(Cl)nn2)cc1=O)N1CCC1. The molecule has 8 nitrogen and oxygen atoms in total. The minimum atomic E-state index is -0.676. The first-order chi connectivity index (χ1) is 16.5. The summed E-state index contributed by atoms with van der Waals surface area (Å²) in [6.07, 6.45) is 4.36. The Morgan fingerprint density at radius 2 is 1.85 bits per heavy atom. The lowest BCUT2D eigenvalue weighted by atomic mass is 10.0. The fourth-order valence-electron chi connectivity index (χ4n) is 3.96. The fourth-order valence-corrected chi connectivity index (χ4v) is 4.25. The lowest BCUT2D eigenvalue weighted by Crippen LogP contribution is -2.47. The molecule has 1 atom stereocenters. The van der Waals surface area contributed by atoms with E-state index in [4.69, 9.17) is 23.2 Å². The Bertz CT molecular complexity index is 1400. The molecule has 172 valence electrons. The minimum absolute atomic E-state index is 0.0764. The Balaban J connectivity index is 1.54. The van der Waals surface area contributed by atoms with Crippen molar-refractivity contribution in [3.05, 3.63) is 93.2 Å². The first kappa shape index (κ1) is 22.3. The molecule has 10 heteroatoms. The quantitative estimate of drug-likeness (QED) is 0.406. The average molecular weight is 495 g/mol. The summed E-state index contributed by atoms with van der Waals surface area (Å²) in [5.74, 6) is -0.0764. The van der Waals surface area contributed by atoms with Gasteiger partial charge in [0.15, 0.2) is 5.15 Å². The van der Waals surface area contributed by atoms with Crippen molar-refractivity contribution in [3.63, 3.8) is 0 Å². The van der Waals surface area contributed by atoms with Crippen molar-refractivity contribution >= 4 is 29.1 Å². The molecule has 0 unspecified atom stereocenters. The van der Waals surface area contributed by atoms with E-state index in [9.17, 15) is 9.59 Å². The van der Waals surface area contributed by atoms with Gasteiger partial charge in [0.05, 0.1) is 23.9 Å². The zero-order valence-corrected chi connectivity index (χ0v) is 19.5. The van der Waals surface area contributed by atoms with Crippen LogP contribution in [-0.2, 0) is 11.2 Å². The van der Waals surface area contributed by atoms with Crippen LogP contribution in [0.2, 0.25) is 10.2 Å². The summed E-state index contributed by atoms with van der Waals surface area (Å²) in [5.41, 5.74) is 2.25. The number of nitrogens with zero attached hydrogens (tertiary/aromatic N) is 6. The van der Waals surface area contributed by atoms with Gasteiger partial charge in [0.1, 0.15) is 6.04 Å². The number of amides is 1. The lowest BCUT2D eigenvalue weighted by molar-refractivity contribution is -0.138. The summed E-state index contributed by atoms with van der Waals surface area (Å²) >= 11 is 12.2. The molecule has 1 fully saturated rings. The molecule has 0 spiro atoms. The molecule has 1 amide bonds. The first-order valence-electron chi connectivity index (χ1n) is 10.8. The number of hydrogen-bond acceptors (Lipinski definition) is 5. The zero-order valence-electron chi connectivity index (χ0n) is 18.0. The first-order valence-corrected chi connectivity index (χ1v) is 11.5. The fraction of sp³-hybridized carbons (Fsp3) is 0.208. The number of halogens is 2. The maximum Gasteiger partial charge on any atom is 0.254 e. The molecular formula is C24H20Cl2N6O2. The van der Waals surface area contributed by atoms with Gasteiger partial charge in [0.2, 0.25) is 5.91 Å². The Morgan fingerprint density at radius 3 is 2.50 bits per heavy atom. The van der Waals surface area contributed by atoms with Crippen molar-refractivity contribution in [1.29, 1.82) is 0 Å². The molecule has 1 aliphatic heterocycles. The van der Waals surface area contributed by atoms with Gasteiger partial charge < -0.3 is 4.90 Å². The second kappa shape index (κ2) is 9.40. The smallest absolute Gasteiger partial charge is 0.254 e. The third-order valence-corrected chi connectivity index (χ3v) is 6.25. The van der Waals surface area contributed by atoms with Crippen molar-refractivity contribution in [2.24, 2.45) is 0 Å². The molecule has 0 aliphatic carbocycles. The molecule has 0 saturated carbocycles. The van der Waals surface area contributed by atoms with Crippen LogP contribution in [-0.4, -0.2) is 48.4 Å². The lowest BCUT2D eigenvalue weighted by Gasteiger charge is -2.34. The van der Waals surface area contributed by atoms with Crippen molar-refractivity contribution in [2.45, 2.75) is 18.9 Å². The third kappa shape index (κ3) is 4.47. The summed E-state index contributed by atoms with van der Waals surface area (Å²) in [5, 5.41) is 8.53. The molecule has 0 N–H and O–H groups in total. The number of benzene rings is 2. The molecule has 0 radical (unpaired) electrons. The van der Waals surface area contributed by atoms with Crippen LogP contribution >= 0.6 is 23.2 Å². The van der Waals surface area contributed by atoms with E-state index in [1.165, 1.54) is 21.6 Å². The second-order valence-electron chi connectivity index (χ2n) is 8.05. The zero-order chi connectivity index (χ0) is 23.7. The Kier molecular flexibility index (Phi) is 6.17. The molecule has 1 aliphatic rings. The predicted molar refractivity (Wildman–Crippen MR) is 129 cm³/mol. The highest BCUT2D eigenvalue weighted by Gasteiger charge is 2.30. The van der Waals surface area contributed by atoms with Crippen molar-refractivity contribution < 1.29 is 4.79 Å². The predicted octanol–water partition coefficient (Wildman–Crippen LogP) is 3.81. The maximum absolute atomic E-state index is 13.3. The van der Waals surface area contributed by atoms with E-state index < -0.39 is 6.04 Å². The average Bonchev–Trinajstić information content (AvgIpc) is 3.23. The van der Waals surface area contributed by atoms with Crippen LogP contribution in [0.5, 0.6) is 0 Å². The van der Waals surface area contributed by atoms with Gasteiger partial charge in [-0.1, -0.05) is 58.7 Å². The van der Waals surface area contributed by atoms with Crippen LogP contribution in [0.15, 0.2) is 71.9 Å². The van der Waals surface area contributed by atoms with Gasteiger partial charge in [-0.05, 0) is 30.2 Å². The summed E-state index contributed by atoms with van der Waals surface area (Å²) in [6.45, 7) is 1.41. The van der Waals surface area contributed by atoms with Crippen LogP contribution in [0.4, 0.5) is 0 Å². The third-order valence-electron chi connectivity index (χ3n) is 5.84. The van der Waals surface area contributed by atoms with Crippen molar-refractivity contribution in [2.75, 3.05) is 13.1 Å². The molecule has 4 aromatic rings. The van der Waals surface area contributed by atoms with Gasteiger partial charge in [-0.3, -0.25) is 14.2 Å². The van der Waals surface area contributed by atoms with E-state index in [1.54, 1.807) is 29.3 Å². The molecule has 3 heterocycles. The second-order valence-corrected chi connectivity index (χ2v) is 8.88. The number of aromatic nitrogens is 5. The van der Waals surface area contributed by atoms with Gasteiger partial charge in [0, 0.05) is 36.2 Å². The summed E-state index contributed by atoms with van der Waals surface area (Å²) in [7, 11) is 0. The monoisotopic (exact) mass is 494 g/mol. The van der Waals surface area contributed by atoms with E-state index in [2.05, 4.69) is 15.3 Å². The number of rotatable bonds is 6. The van der Waals surface area contributed by atoms with Crippen molar-refractivity contribution in [1.82, 2.24) is 29.4 Å². The standard InChI is InChI=1S/C24H20Cl2N6O2/c25-17-7-8-20(32-14-22(26)28-29-32)18(12-17)19-13-23(33)31(15-27-19)21(24(34)30-9-4-10-30)11-16-5-2-1-3-6-16/h1-3,5-8,12-15,21H,4,9-11H2/t21-/m0/s1. The highest BCUT2D eigenvalue weighted by molar-refractivity contribution is 6.31. The van der Waals surface area contributed by atoms with Gasteiger partial charge >= 0.3 is 0 Å². The maximum atomic E-state index is 13.3. The number of likely N-dealkylation sites (tertiary alicyclic amines) is 1. The largest absolute Gasteiger partial charge is 0.341 e. The molecular weight excluding hydrogens is 475 g/mol. The van der Waals surface area contributed by atoms with Gasteiger partial charge in [-0.15, -0.1) is 5.10 Å². The van der Waals surface area contributed by atoms with Crippen LogP contribution in [0.25, 0.3) is 16.9 Å². The van der Waals surface area contributed by atoms with Crippen LogP contribution < -0.4 is 5.56 Å². The molecule has 34 heavy (non-hydrogen) atoms. The van der Waals surface area contributed by atoms with Gasteiger partial charge in [-0.2, -0.15) is 0 Å². The van der Waals surface area contributed by atoms with E-state index in [-0.39, 0.29) is 16.6 Å². The highest BCUT2D eigenvalue weighted by atomic mass is 35.5.